The Morgan fingerprint density at radius 1 is 0.636 bits per heavy atom. The average Bonchev–Trinajstić information content (AvgIpc) is 3.00. The van der Waals surface area contributed by atoms with E-state index in [-0.39, 0.29) is 5.57 Å². The second kappa shape index (κ2) is 14.8. The molecule has 0 radical (unpaired) electrons. The van der Waals surface area contributed by atoms with Gasteiger partial charge in [-0.15, -0.1) is 0 Å². The van der Waals surface area contributed by atoms with Crippen LogP contribution in [0.3, 0.4) is 0 Å². The lowest BCUT2D eigenvalue weighted by molar-refractivity contribution is -0.373. The number of nitrogens with one attached hydrogen (secondary N) is 1. The molecule has 1 aliphatic carbocycles. The SMILES string of the molecule is C[C@H]1O[C@@H](O[C@H]2[C@H](O)[C@@H](O)[C@@H](O[C@H]3[C@H](O)[C@@H](O)C(O)O[C@@H]3CO)O[C@@H]2CO)[C@@H](O)[C@@H](O)[C@@H]1N[C@H]1C=C(CO)[C@@H](O)[C@H](O)[C@H]1O. The molecule has 0 aromatic rings. The fourth-order valence-electron chi connectivity index (χ4n) is 5.81. The Hall–Kier alpha value is -1.02. The van der Waals surface area contributed by atoms with Crippen molar-refractivity contribution in [2.45, 2.75) is 123 Å². The van der Waals surface area contributed by atoms with E-state index in [9.17, 15) is 66.4 Å². The Morgan fingerprint density at radius 3 is 1.73 bits per heavy atom. The van der Waals surface area contributed by atoms with Gasteiger partial charge in [-0.25, -0.2) is 0 Å². The molecule has 14 N–H and O–H groups in total. The lowest BCUT2D eigenvalue weighted by atomic mass is 9.86. The van der Waals surface area contributed by atoms with Crippen LogP contribution in [0.5, 0.6) is 0 Å². The second-order valence-corrected chi connectivity index (χ2v) is 11.4. The molecule has 4 aliphatic rings. The van der Waals surface area contributed by atoms with E-state index in [1.807, 2.05) is 0 Å². The number of rotatable bonds is 9. The smallest absolute Gasteiger partial charge is 0.187 e. The third-order valence-electron chi connectivity index (χ3n) is 8.48. The maximum atomic E-state index is 10.9. The summed E-state index contributed by atoms with van der Waals surface area (Å²) in [5, 5.41) is 136. The molecule has 3 fully saturated rings. The summed E-state index contributed by atoms with van der Waals surface area (Å²) in [6.07, 6.45) is -26.6. The maximum Gasteiger partial charge on any atom is 0.187 e. The lowest BCUT2D eigenvalue weighted by Gasteiger charge is -2.48. The number of hydrogen-bond donors (Lipinski definition) is 14. The van der Waals surface area contributed by atoms with Gasteiger partial charge in [0.1, 0.15) is 79.4 Å². The maximum absolute atomic E-state index is 10.9. The van der Waals surface area contributed by atoms with Gasteiger partial charge in [-0.1, -0.05) is 6.08 Å². The van der Waals surface area contributed by atoms with Gasteiger partial charge in [-0.05, 0) is 12.5 Å². The van der Waals surface area contributed by atoms with E-state index in [2.05, 4.69) is 5.32 Å². The summed E-state index contributed by atoms with van der Waals surface area (Å²) in [6, 6.07) is -2.17. The molecule has 19 heteroatoms. The standard InChI is InChI=1S/C25H43NO18/c1-6-11(26-8-2-7(3-27)12(30)15(33)13(8)31)14(32)19(37)24(40-6)43-22-10(5-29)42-25(20(38)17(22)35)44-21-9(4-28)41-23(39)18(36)16(21)34/h2,6,8-39H,3-5H2,1H3/t6-,8+,9-,10-,11-,12-,13+,14+,15+,16-,17-,18-,19+,20-,21-,22-,23?,24+,25-/m1/s1. The molecular formula is C25H43NO18. The van der Waals surface area contributed by atoms with Crippen LogP contribution in [0.1, 0.15) is 6.92 Å². The van der Waals surface area contributed by atoms with Gasteiger partial charge in [0.05, 0.1) is 38.0 Å². The summed E-state index contributed by atoms with van der Waals surface area (Å²) in [5.41, 5.74) is 0.0225. The molecule has 0 amide bonds. The van der Waals surface area contributed by atoms with Gasteiger partial charge < -0.3 is 95.4 Å². The first kappa shape index (κ1) is 35.8. The Morgan fingerprint density at radius 2 is 1.16 bits per heavy atom. The highest BCUT2D eigenvalue weighted by atomic mass is 16.7. The fraction of sp³-hybridized carbons (Fsp3) is 0.920. The lowest BCUT2D eigenvalue weighted by Crippen LogP contribution is -2.68. The summed E-state index contributed by atoms with van der Waals surface area (Å²) < 4.78 is 27.4. The first-order valence-electron chi connectivity index (χ1n) is 14.1. The van der Waals surface area contributed by atoms with E-state index in [0.717, 1.165) is 0 Å². The molecule has 0 aromatic carbocycles. The number of aliphatic hydroxyl groups excluding tert-OH is 13. The van der Waals surface area contributed by atoms with Crippen LogP contribution < -0.4 is 5.32 Å². The molecule has 19 nitrogen and oxygen atoms in total. The van der Waals surface area contributed by atoms with Gasteiger partial charge >= 0.3 is 0 Å². The number of hydrogen-bond acceptors (Lipinski definition) is 19. The molecule has 0 aromatic heterocycles. The molecule has 1 unspecified atom stereocenters. The zero-order chi connectivity index (χ0) is 32.6. The van der Waals surface area contributed by atoms with Crippen molar-refractivity contribution in [1.29, 1.82) is 0 Å². The highest BCUT2D eigenvalue weighted by Crippen LogP contribution is 2.32. The van der Waals surface area contributed by atoms with Gasteiger partial charge in [-0.3, -0.25) is 0 Å². The van der Waals surface area contributed by atoms with E-state index in [4.69, 9.17) is 23.7 Å². The van der Waals surface area contributed by atoms with Crippen molar-refractivity contribution in [1.82, 2.24) is 5.32 Å². The van der Waals surface area contributed by atoms with Crippen molar-refractivity contribution in [2.75, 3.05) is 19.8 Å². The van der Waals surface area contributed by atoms with Crippen molar-refractivity contribution in [3.8, 4) is 0 Å². The van der Waals surface area contributed by atoms with Crippen molar-refractivity contribution < 1.29 is 90.1 Å². The molecular weight excluding hydrogens is 602 g/mol. The van der Waals surface area contributed by atoms with Crippen LogP contribution in [0, 0.1) is 0 Å². The summed E-state index contributed by atoms with van der Waals surface area (Å²) in [4.78, 5) is 0. The largest absolute Gasteiger partial charge is 0.394 e. The molecule has 0 bridgehead atoms. The van der Waals surface area contributed by atoms with Gasteiger partial charge in [0.25, 0.3) is 0 Å². The van der Waals surface area contributed by atoms with E-state index >= 15 is 0 Å². The van der Waals surface area contributed by atoms with Crippen LogP contribution in [0.25, 0.3) is 0 Å². The molecule has 3 aliphatic heterocycles. The first-order valence-corrected chi connectivity index (χ1v) is 14.1. The summed E-state index contributed by atoms with van der Waals surface area (Å²) >= 11 is 0. The van der Waals surface area contributed by atoms with Crippen molar-refractivity contribution in [2.24, 2.45) is 0 Å². The molecule has 19 atom stereocenters. The minimum Gasteiger partial charge on any atom is -0.394 e. The molecule has 3 saturated heterocycles. The van der Waals surface area contributed by atoms with E-state index in [0.29, 0.717) is 0 Å². The predicted octanol–water partition coefficient (Wildman–Crippen LogP) is -8.56. The normalized spacial score (nSPS) is 52.0. The van der Waals surface area contributed by atoms with Gasteiger partial charge in [0.15, 0.2) is 18.9 Å². The van der Waals surface area contributed by atoms with Crippen LogP contribution >= 0.6 is 0 Å². The molecule has 3 heterocycles. The first-order chi connectivity index (χ1) is 20.7. The minimum atomic E-state index is -1.93. The highest BCUT2D eigenvalue weighted by Gasteiger charge is 2.53. The van der Waals surface area contributed by atoms with Crippen LogP contribution in [0.4, 0.5) is 0 Å². The second-order valence-electron chi connectivity index (χ2n) is 11.4. The monoisotopic (exact) mass is 645 g/mol. The Bertz CT molecular complexity index is 958. The van der Waals surface area contributed by atoms with Crippen molar-refractivity contribution in [3.63, 3.8) is 0 Å². The Labute approximate surface area is 250 Å². The van der Waals surface area contributed by atoms with Gasteiger partial charge in [0, 0.05) is 0 Å². The molecule has 0 spiro atoms. The van der Waals surface area contributed by atoms with Gasteiger partial charge in [0.2, 0.25) is 0 Å². The number of aliphatic hydroxyl groups is 13. The highest BCUT2D eigenvalue weighted by molar-refractivity contribution is 5.22. The quantitative estimate of drug-likeness (QED) is 0.103. The molecule has 44 heavy (non-hydrogen) atoms. The minimum absolute atomic E-state index is 0.0225. The van der Waals surface area contributed by atoms with Crippen molar-refractivity contribution in [3.05, 3.63) is 11.6 Å². The van der Waals surface area contributed by atoms with Crippen molar-refractivity contribution >= 4 is 0 Å². The van der Waals surface area contributed by atoms with Crippen LogP contribution in [-0.4, -0.2) is 203 Å². The summed E-state index contributed by atoms with van der Waals surface area (Å²) in [7, 11) is 0. The zero-order valence-electron chi connectivity index (χ0n) is 23.5. The van der Waals surface area contributed by atoms with E-state index < -0.39 is 136 Å². The predicted molar refractivity (Wildman–Crippen MR) is 138 cm³/mol. The molecule has 256 valence electrons. The Balaban J connectivity index is 1.42. The fourth-order valence-corrected chi connectivity index (χ4v) is 5.81. The van der Waals surface area contributed by atoms with E-state index in [1.165, 1.54) is 13.0 Å². The average molecular weight is 646 g/mol. The third-order valence-corrected chi connectivity index (χ3v) is 8.48. The Kier molecular flexibility index (Phi) is 12.1. The summed E-state index contributed by atoms with van der Waals surface area (Å²) in [6.45, 7) is -0.753. The number of ether oxygens (including phenoxy) is 5. The zero-order valence-corrected chi connectivity index (χ0v) is 23.5. The topological polar surface area (TPSA) is 321 Å². The van der Waals surface area contributed by atoms with Gasteiger partial charge in [-0.2, -0.15) is 0 Å². The van der Waals surface area contributed by atoms with Crippen LogP contribution in [-0.2, 0) is 23.7 Å². The van der Waals surface area contributed by atoms with Crippen LogP contribution in [0.2, 0.25) is 0 Å². The molecule has 0 saturated carbocycles. The summed E-state index contributed by atoms with van der Waals surface area (Å²) in [5.74, 6) is 0. The van der Waals surface area contributed by atoms with Crippen LogP contribution in [0.15, 0.2) is 11.6 Å². The third kappa shape index (κ3) is 6.96. The van der Waals surface area contributed by atoms with E-state index in [1.54, 1.807) is 0 Å². The molecule has 4 rings (SSSR count).